The molecule has 3 heterocycles. The second-order valence-corrected chi connectivity index (χ2v) is 8.73. The highest BCUT2D eigenvalue weighted by molar-refractivity contribution is 5.99. The first-order chi connectivity index (χ1) is 15.5. The highest BCUT2D eigenvalue weighted by Gasteiger charge is 2.45. The van der Waals surface area contributed by atoms with Gasteiger partial charge in [0.15, 0.2) is 0 Å². The first-order valence-electron chi connectivity index (χ1n) is 10.8. The van der Waals surface area contributed by atoms with E-state index in [1.807, 2.05) is 13.8 Å². The number of hydrazine groups is 1. The molecule has 1 atom stereocenters. The number of halogens is 5. The quantitative estimate of drug-likeness (QED) is 0.622. The van der Waals surface area contributed by atoms with Gasteiger partial charge >= 0.3 is 6.18 Å². The van der Waals surface area contributed by atoms with Gasteiger partial charge in [-0.2, -0.15) is 13.2 Å². The molecule has 178 valence electrons. The molecular formula is C23H25F5N4O. The summed E-state index contributed by atoms with van der Waals surface area (Å²) in [6.07, 6.45) is -2.69. The number of alkyl halides is 3. The molecule has 33 heavy (non-hydrogen) atoms. The second kappa shape index (κ2) is 8.48. The lowest BCUT2D eigenvalue weighted by Crippen LogP contribution is -2.47. The lowest BCUT2D eigenvalue weighted by atomic mass is 9.99. The van der Waals surface area contributed by atoms with E-state index in [-0.39, 0.29) is 41.6 Å². The van der Waals surface area contributed by atoms with Gasteiger partial charge < -0.3 is 4.98 Å². The molecule has 1 unspecified atom stereocenters. The normalized spacial score (nSPS) is 18.9. The minimum absolute atomic E-state index is 0.119. The van der Waals surface area contributed by atoms with Crippen LogP contribution in [0.15, 0.2) is 30.1 Å². The van der Waals surface area contributed by atoms with Crippen LogP contribution in [-0.4, -0.2) is 46.1 Å². The molecule has 2 aliphatic heterocycles. The lowest BCUT2D eigenvalue weighted by Gasteiger charge is -2.33. The summed E-state index contributed by atoms with van der Waals surface area (Å²) in [7, 11) is 0. The molecule has 1 aromatic carbocycles. The zero-order chi connectivity index (χ0) is 24.1. The van der Waals surface area contributed by atoms with Gasteiger partial charge in [-0.25, -0.2) is 14.2 Å². The molecule has 2 N–H and O–H groups in total. The second-order valence-electron chi connectivity index (χ2n) is 8.73. The maximum absolute atomic E-state index is 14.8. The minimum Gasteiger partial charge on any atom is -0.358 e. The SMILES string of the molecule is CCN1NC(C(F)(F)F)C=C1N1CCc2[nH]c(-c3c(F)cc(CC(C)C)cc3F)cc2C1=O. The van der Waals surface area contributed by atoms with Crippen molar-refractivity contribution in [3.05, 3.63) is 58.6 Å². The van der Waals surface area contributed by atoms with Crippen LogP contribution in [0.2, 0.25) is 0 Å². The monoisotopic (exact) mass is 468 g/mol. The van der Waals surface area contributed by atoms with E-state index >= 15 is 0 Å². The number of rotatable bonds is 5. The fourth-order valence-corrected chi connectivity index (χ4v) is 4.35. The Bertz CT molecular complexity index is 1080. The van der Waals surface area contributed by atoms with Gasteiger partial charge in [0.2, 0.25) is 0 Å². The van der Waals surface area contributed by atoms with Crippen molar-refractivity contribution in [1.82, 2.24) is 20.3 Å². The third kappa shape index (κ3) is 4.36. The fourth-order valence-electron chi connectivity index (χ4n) is 4.35. The third-order valence-corrected chi connectivity index (χ3v) is 5.81. The highest BCUT2D eigenvalue weighted by atomic mass is 19.4. The number of amides is 1. The van der Waals surface area contributed by atoms with E-state index in [0.29, 0.717) is 24.1 Å². The molecule has 0 fully saturated rings. The Morgan fingerprint density at radius 1 is 1.15 bits per heavy atom. The Labute approximate surface area is 188 Å². The molecule has 4 rings (SSSR count). The molecule has 0 radical (unpaired) electrons. The average Bonchev–Trinajstić information content (AvgIpc) is 3.31. The van der Waals surface area contributed by atoms with Crippen LogP contribution in [0, 0.1) is 17.6 Å². The van der Waals surface area contributed by atoms with Gasteiger partial charge in [0.1, 0.15) is 23.5 Å². The average molecular weight is 468 g/mol. The molecule has 5 nitrogen and oxygen atoms in total. The van der Waals surface area contributed by atoms with Crippen molar-refractivity contribution in [2.45, 2.75) is 45.8 Å². The summed E-state index contributed by atoms with van der Waals surface area (Å²) in [6.45, 7) is 5.92. The van der Waals surface area contributed by atoms with Crippen molar-refractivity contribution < 1.29 is 26.7 Å². The molecule has 0 aliphatic carbocycles. The molecule has 1 aromatic heterocycles. The Morgan fingerprint density at radius 2 is 1.82 bits per heavy atom. The minimum atomic E-state index is -4.50. The van der Waals surface area contributed by atoms with Crippen molar-refractivity contribution in [1.29, 1.82) is 0 Å². The number of H-pyrrole nitrogens is 1. The van der Waals surface area contributed by atoms with Crippen molar-refractivity contribution in [3.8, 4) is 11.3 Å². The summed E-state index contributed by atoms with van der Waals surface area (Å²) in [4.78, 5) is 17.4. The number of hydrogen-bond donors (Lipinski definition) is 2. The highest BCUT2D eigenvalue weighted by Crippen LogP contribution is 2.34. The number of carbonyl (C=O) groups excluding carboxylic acids is 1. The fraction of sp³-hybridized carbons (Fsp3) is 0.435. The standard InChI is InChI=1S/C23H25F5N4O/c1-4-32-20(11-19(30-32)23(26,27)28)31-6-5-17-14(22(31)33)10-18(29-17)21-15(24)8-13(7-12(2)3)9-16(21)25/h8-12,19,29-30H,4-7H2,1-3H3. The van der Waals surface area contributed by atoms with Gasteiger partial charge in [-0.05, 0) is 49.1 Å². The van der Waals surface area contributed by atoms with E-state index in [4.69, 9.17) is 0 Å². The van der Waals surface area contributed by atoms with Crippen molar-refractivity contribution in [2.24, 2.45) is 5.92 Å². The van der Waals surface area contributed by atoms with E-state index < -0.39 is 29.8 Å². The Morgan fingerprint density at radius 3 is 2.39 bits per heavy atom. The summed E-state index contributed by atoms with van der Waals surface area (Å²) in [5.41, 5.74) is 3.45. The van der Waals surface area contributed by atoms with Crippen LogP contribution in [0.25, 0.3) is 11.3 Å². The molecule has 2 aliphatic rings. The number of nitrogens with zero attached hydrogens (tertiary/aromatic N) is 2. The molecule has 0 bridgehead atoms. The largest absolute Gasteiger partial charge is 0.409 e. The number of fused-ring (bicyclic) bond motifs is 1. The first kappa shape index (κ1) is 23.3. The number of aromatic nitrogens is 1. The lowest BCUT2D eigenvalue weighted by molar-refractivity contribution is -0.149. The van der Waals surface area contributed by atoms with Crippen LogP contribution in [0.5, 0.6) is 0 Å². The number of hydrogen-bond acceptors (Lipinski definition) is 3. The van der Waals surface area contributed by atoms with Crippen LogP contribution in [0.3, 0.4) is 0 Å². The van der Waals surface area contributed by atoms with Crippen LogP contribution in [0.1, 0.15) is 42.4 Å². The van der Waals surface area contributed by atoms with E-state index in [1.54, 1.807) is 6.92 Å². The van der Waals surface area contributed by atoms with Crippen LogP contribution >= 0.6 is 0 Å². The van der Waals surface area contributed by atoms with Crippen LogP contribution in [0.4, 0.5) is 22.0 Å². The number of nitrogens with one attached hydrogen (secondary N) is 2. The number of carbonyl (C=O) groups is 1. The topological polar surface area (TPSA) is 51.4 Å². The van der Waals surface area contributed by atoms with Gasteiger partial charge in [0, 0.05) is 25.2 Å². The van der Waals surface area contributed by atoms with Crippen LogP contribution in [-0.2, 0) is 12.8 Å². The maximum Gasteiger partial charge on any atom is 0.409 e. The van der Waals surface area contributed by atoms with Gasteiger partial charge in [-0.15, -0.1) is 0 Å². The first-order valence-corrected chi connectivity index (χ1v) is 10.8. The smallest absolute Gasteiger partial charge is 0.358 e. The summed E-state index contributed by atoms with van der Waals surface area (Å²) in [5, 5.41) is 1.28. The number of aromatic amines is 1. The van der Waals surface area contributed by atoms with E-state index in [9.17, 15) is 26.7 Å². The molecular weight excluding hydrogens is 443 g/mol. The van der Waals surface area contributed by atoms with Crippen molar-refractivity contribution >= 4 is 5.91 Å². The predicted molar refractivity (Wildman–Crippen MR) is 113 cm³/mol. The zero-order valence-electron chi connectivity index (χ0n) is 18.5. The van der Waals surface area contributed by atoms with Crippen LogP contribution < -0.4 is 5.43 Å². The predicted octanol–water partition coefficient (Wildman–Crippen LogP) is 4.77. The molecule has 1 amide bonds. The van der Waals surface area contributed by atoms with E-state index in [1.165, 1.54) is 28.1 Å². The molecule has 0 saturated heterocycles. The Kier molecular flexibility index (Phi) is 5.98. The number of benzene rings is 1. The third-order valence-electron chi connectivity index (χ3n) is 5.81. The van der Waals surface area contributed by atoms with Gasteiger partial charge in [0.25, 0.3) is 5.91 Å². The summed E-state index contributed by atoms with van der Waals surface area (Å²) < 4.78 is 69.2. The maximum atomic E-state index is 14.8. The summed E-state index contributed by atoms with van der Waals surface area (Å²) in [5.74, 6) is -1.64. The molecule has 0 saturated carbocycles. The molecule has 0 spiro atoms. The van der Waals surface area contributed by atoms with E-state index in [0.717, 1.165) is 6.08 Å². The molecule has 2 aromatic rings. The van der Waals surface area contributed by atoms with E-state index in [2.05, 4.69) is 10.4 Å². The Balaban J connectivity index is 1.65. The summed E-state index contributed by atoms with van der Waals surface area (Å²) >= 11 is 0. The molecule has 10 heteroatoms. The Hall–Kier alpha value is -2.88. The van der Waals surface area contributed by atoms with Crippen molar-refractivity contribution in [2.75, 3.05) is 13.1 Å². The van der Waals surface area contributed by atoms with Gasteiger partial charge in [-0.1, -0.05) is 13.8 Å². The van der Waals surface area contributed by atoms with Gasteiger partial charge in [-0.3, -0.25) is 14.7 Å². The zero-order valence-corrected chi connectivity index (χ0v) is 18.5. The summed E-state index contributed by atoms with van der Waals surface area (Å²) in [6, 6.07) is 2.06. The van der Waals surface area contributed by atoms with Crippen molar-refractivity contribution in [3.63, 3.8) is 0 Å². The van der Waals surface area contributed by atoms with Gasteiger partial charge in [0.05, 0.1) is 16.8 Å².